The predicted molar refractivity (Wildman–Crippen MR) is 73.5 cm³/mol. The zero-order valence-corrected chi connectivity index (χ0v) is 11.7. The van der Waals surface area contributed by atoms with E-state index in [1.54, 1.807) is 10.7 Å². The van der Waals surface area contributed by atoms with Crippen LogP contribution in [0.25, 0.3) is 10.9 Å². The normalized spacial score (nSPS) is 22.7. The third-order valence-electron chi connectivity index (χ3n) is 4.04. The lowest BCUT2D eigenvalue weighted by atomic mass is 9.87. The van der Waals surface area contributed by atoms with Gasteiger partial charge >= 0.3 is 6.36 Å². The number of nitrogens with zero attached hydrogens (tertiary/aromatic N) is 2. The first-order valence-electron chi connectivity index (χ1n) is 7.14. The van der Waals surface area contributed by atoms with Crippen LogP contribution in [0.1, 0.15) is 31.7 Å². The van der Waals surface area contributed by atoms with Gasteiger partial charge in [0.05, 0.1) is 11.6 Å². The van der Waals surface area contributed by atoms with Crippen LogP contribution >= 0.6 is 0 Å². The molecule has 1 aromatic carbocycles. The summed E-state index contributed by atoms with van der Waals surface area (Å²) in [6.07, 6.45) is 1.48. The highest BCUT2D eigenvalue weighted by Crippen LogP contribution is 2.32. The van der Waals surface area contributed by atoms with Gasteiger partial charge in [-0.05, 0) is 37.8 Å². The average Bonchev–Trinajstić information content (AvgIpc) is 2.89. The molecule has 1 fully saturated rings. The highest BCUT2D eigenvalue weighted by Gasteiger charge is 2.31. The van der Waals surface area contributed by atoms with E-state index < -0.39 is 6.36 Å². The standard InChI is InChI=1S/C15H15F3N2O2/c16-15(17,18)22-13-6-3-11-8-20(19-14(11)7-13)12-4-1-10(9-21)2-5-12/h3,6-10,12H,1-2,4-5H2. The average molecular weight is 312 g/mol. The van der Waals surface area contributed by atoms with E-state index in [2.05, 4.69) is 9.84 Å². The molecule has 0 amide bonds. The van der Waals surface area contributed by atoms with Gasteiger partial charge in [-0.25, -0.2) is 0 Å². The van der Waals surface area contributed by atoms with Crippen LogP contribution in [0, 0.1) is 5.92 Å². The van der Waals surface area contributed by atoms with Crippen LogP contribution in [0.2, 0.25) is 0 Å². The Balaban J connectivity index is 1.79. The lowest BCUT2D eigenvalue weighted by Gasteiger charge is -2.25. The van der Waals surface area contributed by atoms with E-state index in [9.17, 15) is 18.0 Å². The first kappa shape index (κ1) is 14.9. The maximum Gasteiger partial charge on any atom is 0.573 e. The molecule has 0 saturated heterocycles. The van der Waals surface area contributed by atoms with Crippen molar-refractivity contribution >= 4 is 17.2 Å². The second kappa shape index (κ2) is 5.62. The summed E-state index contributed by atoms with van der Waals surface area (Å²) in [5.74, 6) is -0.150. The van der Waals surface area contributed by atoms with Crippen molar-refractivity contribution in [3.63, 3.8) is 0 Å². The zero-order chi connectivity index (χ0) is 15.7. The van der Waals surface area contributed by atoms with E-state index >= 15 is 0 Å². The minimum atomic E-state index is -4.70. The van der Waals surface area contributed by atoms with Gasteiger partial charge in [0.1, 0.15) is 12.0 Å². The third-order valence-corrected chi connectivity index (χ3v) is 4.04. The Morgan fingerprint density at radius 1 is 1.23 bits per heavy atom. The number of hydrogen-bond donors (Lipinski definition) is 0. The monoisotopic (exact) mass is 312 g/mol. The van der Waals surface area contributed by atoms with Crippen molar-refractivity contribution < 1.29 is 22.7 Å². The maximum absolute atomic E-state index is 12.2. The molecule has 3 rings (SSSR count). The fourth-order valence-electron chi connectivity index (χ4n) is 2.90. The highest BCUT2D eigenvalue weighted by atomic mass is 19.4. The number of fused-ring (bicyclic) bond motifs is 1. The summed E-state index contributed by atoms with van der Waals surface area (Å²) in [5.41, 5.74) is 0.472. The summed E-state index contributed by atoms with van der Waals surface area (Å²) >= 11 is 0. The van der Waals surface area contributed by atoms with Gasteiger partial charge in [-0.3, -0.25) is 4.68 Å². The van der Waals surface area contributed by atoms with E-state index in [-0.39, 0.29) is 17.7 Å². The fourth-order valence-corrected chi connectivity index (χ4v) is 2.90. The van der Waals surface area contributed by atoms with Gasteiger partial charge in [-0.15, -0.1) is 13.2 Å². The van der Waals surface area contributed by atoms with Gasteiger partial charge in [-0.1, -0.05) is 0 Å². The molecule has 1 aliphatic rings. The molecule has 22 heavy (non-hydrogen) atoms. The SMILES string of the molecule is O=CC1CCC(n2cc3ccc(OC(F)(F)F)cc3n2)CC1. The molecule has 7 heteroatoms. The molecule has 1 heterocycles. The van der Waals surface area contributed by atoms with E-state index in [1.165, 1.54) is 12.1 Å². The number of aldehydes is 1. The van der Waals surface area contributed by atoms with Gasteiger partial charge in [-0.2, -0.15) is 5.10 Å². The second-order valence-electron chi connectivity index (χ2n) is 5.58. The molecule has 2 aromatic rings. The quantitative estimate of drug-likeness (QED) is 0.808. The Hall–Kier alpha value is -2.05. The van der Waals surface area contributed by atoms with Crippen LogP contribution in [0.15, 0.2) is 24.4 Å². The van der Waals surface area contributed by atoms with Crippen LogP contribution in [0.5, 0.6) is 5.75 Å². The second-order valence-corrected chi connectivity index (χ2v) is 5.58. The number of ether oxygens (including phenoxy) is 1. The van der Waals surface area contributed by atoms with Crippen LogP contribution in [-0.2, 0) is 4.79 Å². The number of carbonyl (C=O) groups excluding carboxylic acids is 1. The first-order chi connectivity index (χ1) is 10.4. The molecule has 0 radical (unpaired) electrons. The number of alkyl halides is 3. The molecule has 0 aliphatic heterocycles. The lowest BCUT2D eigenvalue weighted by molar-refractivity contribution is -0.274. The molecule has 4 nitrogen and oxygen atoms in total. The highest BCUT2D eigenvalue weighted by molar-refractivity contribution is 5.79. The topological polar surface area (TPSA) is 44.1 Å². The van der Waals surface area contributed by atoms with Crippen LogP contribution in [0.4, 0.5) is 13.2 Å². The first-order valence-corrected chi connectivity index (χ1v) is 7.14. The number of aromatic nitrogens is 2. The van der Waals surface area contributed by atoms with Crippen molar-refractivity contribution in [2.24, 2.45) is 5.92 Å². The maximum atomic E-state index is 12.2. The fraction of sp³-hybridized carbons (Fsp3) is 0.467. The van der Waals surface area contributed by atoms with Crippen molar-refractivity contribution in [2.45, 2.75) is 38.1 Å². The minimum Gasteiger partial charge on any atom is -0.406 e. The molecule has 0 spiro atoms. The van der Waals surface area contributed by atoms with E-state index in [0.29, 0.717) is 5.52 Å². The third kappa shape index (κ3) is 3.23. The Labute approximate surface area is 124 Å². The Morgan fingerprint density at radius 2 is 1.95 bits per heavy atom. The number of carbonyl (C=O) groups is 1. The largest absolute Gasteiger partial charge is 0.573 e. The number of hydrogen-bond acceptors (Lipinski definition) is 3. The minimum absolute atomic E-state index is 0.119. The van der Waals surface area contributed by atoms with E-state index in [4.69, 9.17) is 0 Å². The summed E-state index contributed by atoms with van der Waals surface area (Å²) in [7, 11) is 0. The summed E-state index contributed by atoms with van der Waals surface area (Å²) < 4.78 is 42.4. The number of halogens is 3. The van der Waals surface area contributed by atoms with Crippen molar-refractivity contribution in [3.8, 4) is 5.75 Å². The summed E-state index contributed by atoms with van der Waals surface area (Å²) in [5, 5.41) is 5.13. The molecule has 1 aromatic heterocycles. The Morgan fingerprint density at radius 3 is 2.59 bits per heavy atom. The zero-order valence-electron chi connectivity index (χ0n) is 11.7. The van der Waals surface area contributed by atoms with Crippen molar-refractivity contribution in [1.82, 2.24) is 9.78 Å². The molecule has 0 atom stereocenters. The molecule has 1 saturated carbocycles. The van der Waals surface area contributed by atoms with E-state index in [0.717, 1.165) is 37.4 Å². The van der Waals surface area contributed by atoms with Gasteiger partial charge in [0.25, 0.3) is 0 Å². The van der Waals surface area contributed by atoms with Crippen LogP contribution in [0.3, 0.4) is 0 Å². The summed E-state index contributed by atoms with van der Waals surface area (Å²) in [6, 6.07) is 4.33. The van der Waals surface area contributed by atoms with Gasteiger partial charge in [0, 0.05) is 23.6 Å². The van der Waals surface area contributed by atoms with Crippen molar-refractivity contribution in [1.29, 1.82) is 0 Å². The molecule has 0 N–H and O–H groups in total. The van der Waals surface area contributed by atoms with Crippen LogP contribution in [-0.4, -0.2) is 22.4 Å². The molecular formula is C15H15F3N2O2. The Bertz CT molecular complexity index is 673. The number of benzene rings is 1. The molecule has 0 bridgehead atoms. The lowest BCUT2D eigenvalue weighted by Crippen LogP contribution is -2.19. The molecule has 118 valence electrons. The number of rotatable bonds is 3. The van der Waals surface area contributed by atoms with Crippen molar-refractivity contribution in [3.05, 3.63) is 24.4 Å². The summed E-state index contributed by atoms with van der Waals surface area (Å²) in [4.78, 5) is 10.8. The molecule has 0 unspecified atom stereocenters. The van der Waals surface area contributed by atoms with E-state index in [1.807, 2.05) is 6.20 Å². The van der Waals surface area contributed by atoms with Crippen molar-refractivity contribution in [2.75, 3.05) is 0 Å². The van der Waals surface area contributed by atoms with Gasteiger partial charge in [0.15, 0.2) is 0 Å². The van der Waals surface area contributed by atoms with Crippen LogP contribution < -0.4 is 4.74 Å². The molecule has 1 aliphatic carbocycles. The smallest absolute Gasteiger partial charge is 0.406 e. The Kier molecular flexibility index (Phi) is 3.80. The van der Waals surface area contributed by atoms with Gasteiger partial charge < -0.3 is 9.53 Å². The van der Waals surface area contributed by atoms with Gasteiger partial charge in [0.2, 0.25) is 0 Å². The molecular weight excluding hydrogens is 297 g/mol. The summed E-state index contributed by atoms with van der Waals surface area (Å²) in [6.45, 7) is 0. The predicted octanol–water partition coefficient (Wildman–Crippen LogP) is 3.87.